The van der Waals surface area contributed by atoms with Crippen LogP contribution in [0.5, 0.6) is 0 Å². The van der Waals surface area contributed by atoms with Crippen LogP contribution in [-0.4, -0.2) is 4.98 Å². The van der Waals surface area contributed by atoms with Crippen LogP contribution in [0, 0.1) is 0 Å². The first-order valence-corrected chi connectivity index (χ1v) is 6.24. The first-order valence-electron chi connectivity index (χ1n) is 6.24. The lowest BCUT2D eigenvalue weighted by atomic mass is 10.0. The van der Waals surface area contributed by atoms with Crippen molar-refractivity contribution in [3.05, 3.63) is 53.0 Å². The average molecular weight is 233 g/mol. The fourth-order valence-corrected chi connectivity index (χ4v) is 2.42. The molecule has 18 heavy (non-hydrogen) atoms. The molecule has 0 N–H and O–H groups in total. The third-order valence-electron chi connectivity index (χ3n) is 3.37. The van der Waals surface area contributed by atoms with Crippen LogP contribution in [0.15, 0.2) is 42.5 Å². The molecule has 0 aliphatic heterocycles. The Morgan fingerprint density at radius 1 is 0.889 bits per heavy atom. The molecule has 1 heteroatoms. The van der Waals surface area contributed by atoms with Crippen molar-refractivity contribution < 1.29 is 0 Å². The van der Waals surface area contributed by atoms with E-state index >= 15 is 0 Å². The van der Waals surface area contributed by atoms with Crippen molar-refractivity contribution in [3.63, 3.8) is 0 Å². The molecule has 0 bridgehead atoms. The summed E-state index contributed by atoms with van der Waals surface area (Å²) in [5, 5.41) is 6.02. The number of nitrogens with zero attached hydrogens (tertiary/aromatic N) is 1. The molecule has 88 valence electrons. The van der Waals surface area contributed by atoms with E-state index in [1.807, 2.05) is 6.92 Å². The Hall–Kier alpha value is -2.15. The number of fused-ring (bicyclic) bond motifs is 3. The summed E-state index contributed by atoms with van der Waals surface area (Å²) in [7, 11) is 0. The molecule has 0 unspecified atom stereocenters. The smallest absolute Gasteiger partial charge is 0.0716 e. The molecule has 0 aliphatic rings. The van der Waals surface area contributed by atoms with E-state index in [0.717, 1.165) is 10.9 Å². The molecule has 0 spiro atoms. The third-order valence-corrected chi connectivity index (χ3v) is 3.37. The average Bonchev–Trinajstić information content (AvgIpc) is 2.45. The minimum absolute atomic E-state index is 1.06. The largest absolute Gasteiger partial charge is 0.248 e. The Bertz CT molecular complexity index is 844. The van der Waals surface area contributed by atoms with Crippen LogP contribution >= 0.6 is 0 Å². The van der Waals surface area contributed by atoms with Gasteiger partial charge in [-0.15, -0.1) is 0 Å². The summed E-state index contributed by atoms with van der Waals surface area (Å²) in [5.74, 6) is 0. The summed E-state index contributed by atoms with van der Waals surface area (Å²) in [4.78, 5) is 4.73. The molecule has 1 heterocycles. The van der Waals surface area contributed by atoms with Gasteiger partial charge in [-0.3, -0.25) is 0 Å². The van der Waals surface area contributed by atoms with Crippen molar-refractivity contribution in [3.8, 4) is 0 Å². The van der Waals surface area contributed by atoms with Gasteiger partial charge in [-0.2, -0.15) is 0 Å². The standard InChI is InChI=1S/C17H15N/c1-3-12-11-15-14-8-6-5-7-13(14)9-10-17(15)18-16(12)4-2/h3-11H,1-2H3/b12-3-,16-4+. The molecule has 0 amide bonds. The zero-order valence-electron chi connectivity index (χ0n) is 10.6. The van der Waals surface area contributed by atoms with Crippen molar-refractivity contribution in [2.24, 2.45) is 0 Å². The molecule has 3 aromatic rings. The normalized spacial score (nSPS) is 13.7. The molecule has 0 atom stereocenters. The second-order valence-electron chi connectivity index (χ2n) is 4.39. The fourth-order valence-electron chi connectivity index (χ4n) is 2.42. The summed E-state index contributed by atoms with van der Waals surface area (Å²) in [6.45, 7) is 4.09. The lowest BCUT2D eigenvalue weighted by molar-refractivity contribution is 1.28. The van der Waals surface area contributed by atoms with Gasteiger partial charge in [-0.1, -0.05) is 42.5 Å². The van der Waals surface area contributed by atoms with Gasteiger partial charge in [0.1, 0.15) is 0 Å². The molecule has 1 nitrogen and oxygen atoms in total. The summed E-state index contributed by atoms with van der Waals surface area (Å²) >= 11 is 0. The molecule has 0 saturated heterocycles. The Labute approximate surface area is 106 Å². The van der Waals surface area contributed by atoms with Gasteiger partial charge in [0.2, 0.25) is 0 Å². The SMILES string of the molecule is C/C=c1/cc2c(ccc3ccccc32)n/c1=C/C. The first-order chi connectivity index (χ1) is 8.83. The van der Waals surface area contributed by atoms with Gasteiger partial charge in [-0.25, -0.2) is 4.98 Å². The lowest BCUT2D eigenvalue weighted by Gasteiger charge is -2.03. The second-order valence-corrected chi connectivity index (χ2v) is 4.39. The van der Waals surface area contributed by atoms with Crippen molar-refractivity contribution in [2.75, 3.05) is 0 Å². The van der Waals surface area contributed by atoms with Crippen molar-refractivity contribution in [1.29, 1.82) is 0 Å². The highest BCUT2D eigenvalue weighted by molar-refractivity contribution is 6.05. The van der Waals surface area contributed by atoms with Crippen LogP contribution in [0.1, 0.15) is 13.8 Å². The van der Waals surface area contributed by atoms with E-state index in [1.165, 1.54) is 21.4 Å². The molecular weight excluding hydrogens is 218 g/mol. The monoisotopic (exact) mass is 233 g/mol. The van der Waals surface area contributed by atoms with E-state index in [1.54, 1.807) is 0 Å². The molecule has 1 aromatic heterocycles. The molecule has 2 aromatic carbocycles. The van der Waals surface area contributed by atoms with E-state index in [4.69, 9.17) is 4.98 Å². The highest BCUT2D eigenvalue weighted by Crippen LogP contribution is 2.21. The number of hydrogen-bond acceptors (Lipinski definition) is 1. The van der Waals surface area contributed by atoms with Crippen LogP contribution in [0.4, 0.5) is 0 Å². The van der Waals surface area contributed by atoms with Gasteiger partial charge >= 0.3 is 0 Å². The molecule has 3 rings (SSSR count). The van der Waals surface area contributed by atoms with Crippen LogP contribution in [-0.2, 0) is 0 Å². The molecule has 0 aliphatic carbocycles. The minimum Gasteiger partial charge on any atom is -0.248 e. The summed E-state index contributed by atoms with van der Waals surface area (Å²) in [6.07, 6.45) is 4.17. The molecule has 0 radical (unpaired) electrons. The van der Waals surface area contributed by atoms with Crippen molar-refractivity contribution >= 4 is 33.8 Å². The van der Waals surface area contributed by atoms with Crippen molar-refractivity contribution in [2.45, 2.75) is 13.8 Å². The predicted octanol–water partition coefficient (Wildman–Crippen LogP) is 2.99. The molecule has 0 fully saturated rings. The maximum atomic E-state index is 4.73. The highest BCUT2D eigenvalue weighted by Gasteiger charge is 2.01. The van der Waals surface area contributed by atoms with Gasteiger partial charge < -0.3 is 0 Å². The number of rotatable bonds is 0. The van der Waals surface area contributed by atoms with E-state index in [2.05, 4.69) is 61.5 Å². The minimum atomic E-state index is 1.06. The van der Waals surface area contributed by atoms with E-state index < -0.39 is 0 Å². The van der Waals surface area contributed by atoms with Gasteiger partial charge in [0.05, 0.1) is 10.9 Å². The van der Waals surface area contributed by atoms with E-state index in [0.29, 0.717) is 0 Å². The Kier molecular flexibility index (Phi) is 2.60. The predicted molar refractivity (Wildman–Crippen MR) is 78.8 cm³/mol. The van der Waals surface area contributed by atoms with Crippen LogP contribution in [0.25, 0.3) is 33.8 Å². The lowest BCUT2D eigenvalue weighted by Crippen LogP contribution is -2.27. The zero-order chi connectivity index (χ0) is 12.5. The maximum Gasteiger partial charge on any atom is 0.0716 e. The van der Waals surface area contributed by atoms with Crippen LogP contribution < -0.4 is 10.6 Å². The maximum absolute atomic E-state index is 4.73. The molecular formula is C17H15N. The Balaban J connectivity index is 2.60. The fraction of sp³-hybridized carbons (Fsp3) is 0.118. The Morgan fingerprint density at radius 3 is 2.50 bits per heavy atom. The van der Waals surface area contributed by atoms with E-state index in [9.17, 15) is 0 Å². The van der Waals surface area contributed by atoms with Crippen LogP contribution in [0.3, 0.4) is 0 Å². The summed E-state index contributed by atoms with van der Waals surface area (Å²) in [6, 6.07) is 14.9. The van der Waals surface area contributed by atoms with Gasteiger partial charge in [0, 0.05) is 5.39 Å². The van der Waals surface area contributed by atoms with Gasteiger partial charge in [-0.05, 0) is 42.0 Å². The van der Waals surface area contributed by atoms with Crippen LogP contribution in [0.2, 0.25) is 0 Å². The number of benzene rings is 2. The topological polar surface area (TPSA) is 12.9 Å². The first kappa shape index (κ1) is 11.0. The van der Waals surface area contributed by atoms with Gasteiger partial charge in [0.25, 0.3) is 0 Å². The zero-order valence-corrected chi connectivity index (χ0v) is 10.6. The number of pyridine rings is 1. The van der Waals surface area contributed by atoms with Gasteiger partial charge in [0.15, 0.2) is 0 Å². The van der Waals surface area contributed by atoms with Crippen molar-refractivity contribution in [1.82, 2.24) is 4.98 Å². The molecule has 0 saturated carbocycles. The van der Waals surface area contributed by atoms with E-state index in [-0.39, 0.29) is 0 Å². The summed E-state index contributed by atoms with van der Waals surface area (Å²) < 4.78 is 0. The number of aromatic nitrogens is 1. The summed E-state index contributed by atoms with van der Waals surface area (Å²) in [5.41, 5.74) is 1.06. The second kappa shape index (κ2) is 4.26. The third kappa shape index (κ3) is 1.60. The Morgan fingerprint density at radius 2 is 1.72 bits per heavy atom. The highest BCUT2D eigenvalue weighted by atomic mass is 14.7. The quantitative estimate of drug-likeness (QED) is 0.544. The number of hydrogen-bond donors (Lipinski definition) is 0.